The lowest BCUT2D eigenvalue weighted by atomic mass is 10.0. The second-order valence-electron chi connectivity index (χ2n) is 7.26. The predicted molar refractivity (Wildman–Crippen MR) is 106 cm³/mol. The SMILES string of the molecule is COc1ccc(-c2noc(C3CCCCN3C(=O)c3ccc4c(c3)OCO4)n2)cc1. The molecule has 3 aromatic rings. The Morgan fingerprint density at radius 3 is 2.77 bits per heavy atom. The molecule has 30 heavy (non-hydrogen) atoms. The topological polar surface area (TPSA) is 86.9 Å². The summed E-state index contributed by atoms with van der Waals surface area (Å²) >= 11 is 0. The lowest BCUT2D eigenvalue weighted by Crippen LogP contribution is -2.38. The van der Waals surface area contributed by atoms with Gasteiger partial charge in [-0.1, -0.05) is 5.16 Å². The van der Waals surface area contributed by atoms with Crippen LogP contribution in [0.15, 0.2) is 47.0 Å². The molecule has 1 saturated heterocycles. The molecule has 154 valence electrons. The van der Waals surface area contributed by atoms with E-state index in [9.17, 15) is 4.79 Å². The molecule has 0 spiro atoms. The van der Waals surface area contributed by atoms with Crippen LogP contribution >= 0.6 is 0 Å². The van der Waals surface area contributed by atoms with Crippen molar-refractivity contribution in [1.82, 2.24) is 15.0 Å². The maximum Gasteiger partial charge on any atom is 0.254 e. The predicted octanol–water partition coefficient (Wildman–Crippen LogP) is 3.84. The van der Waals surface area contributed by atoms with Crippen LogP contribution in [0.5, 0.6) is 17.2 Å². The summed E-state index contributed by atoms with van der Waals surface area (Å²) in [7, 11) is 1.62. The van der Waals surface area contributed by atoms with Crippen molar-refractivity contribution in [2.45, 2.75) is 25.3 Å². The first-order chi connectivity index (χ1) is 14.7. The van der Waals surface area contributed by atoms with Gasteiger partial charge >= 0.3 is 0 Å². The maximum absolute atomic E-state index is 13.3. The first-order valence-electron chi connectivity index (χ1n) is 9.91. The molecule has 0 bridgehead atoms. The fourth-order valence-electron chi connectivity index (χ4n) is 3.85. The molecule has 2 aromatic carbocycles. The lowest BCUT2D eigenvalue weighted by molar-refractivity contribution is 0.0561. The summed E-state index contributed by atoms with van der Waals surface area (Å²) < 4.78 is 21.5. The molecule has 0 aliphatic carbocycles. The van der Waals surface area contributed by atoms with E-state index in [0.717, 1.165) is 30.6 Å². The van der Waals surface area contributed by atoms with Gasteiger partial charge in [0.2, 0.25) is 18.5 Å². The van der Waals surface area contributed by atoms with Crippen molar-refractivity contribution in [3.63, 3.8) is 0 Å². The zero-order chi connectivity index (χ0) is 20.5. The normalized spacial score (nSPS) is 17.8. The number of rotatable bonds is 4. The van der Waals surface area contributed by atoms with Crippen LogP contribution in [0.2, 0.25) is 0 Å². The van der Waals surface area contributed by atoms with Gasteiger partial charge in [-0.15, -0.1) is 0 Å². The fraction of sp³-hybridized carbons (Fsp3) is 0.318. The summed E-state index contributed by atoms with van der Waals surface area (Å²) in [6.45, 7) is 0.813. The smallest absolute Gasteiger partial charge is 0.254 e. The van der Waals surface area contributed by atoms with Gasteiger partial charge in [0.25, 0.3) is 5.91 Å². The van der Waals surface area contributed by atoms with E-state index in [-0.39, 0.29) is 18.7 Å². The molecule has 2 aliphatic rings. The molecule has 5 rings (SSSR count). The van der Waals surface area contributed by atoms with E-state index >= 15 is 0 Å². The molecular formula is C22H21N3O5. The van der Waals surface area contributed by atoms with Gasteiger partial charge in [0.05, 0.1) is 7.11 Å². The van der Waals surface area contributed by atoms with Gasteiger partial charge in [-0.3, -0.25) is 4.79 Å². The number of hydrogen-bond donors (Lipinski definition) is 0. The fourth-order valence-corrected chi connectivity index (χ4v) is 3.85. The number of methoxy groups -OCH3 is 1. The molecule has 1 fully saturated rings. The minimum absolute atomic E-state index is 0.0813. The highest BCUT2D eigenvalue weighted by Crippen LogP contribution is 2.36. The summed E-state index contributed by atoms with van der Waals surface area (Å²) in [6.07, 6.45) is 2.71. The molecule has 8 heteroatoms. The standard InChI is InChI=1S/C22H21N3O5/c1-27-16-8-5-14(6-9-16)20-23-21(30-24-20)17-4-2-3-11-25(17)22(26)15-7-10-18-19(12-15)29-13-28-18/h5-10,12,17H,2-4,11,13H2,1H3. The summed E-state index contributed by atoms with van der Waals surface area (Å²) in [5.41, 5.74) is 1.39. The number of likely N-dealkylation sites (tertiary alicyclic amines) is 1. The lowest BCUT2D eigenvalue weighted by Gasteiger charge is -2.33. The number of aromatic nitrogens is 2. The highest BCUT2D eigenvalue weighted by atomic mass is 16.7. The third-order valence-corrected chi connectivity index (χ3v) is 5.46. The summed E-state index contributed by atoms with van der Waals surface area (Å²) in [5, 5.41) is 4.13. The quantitative estimate of drug-likeness (QED) is 0.649. The number of carbonyl (C=O) groups is 1. The largest absolute Gasteiger partial charge is 0.497 e. The van der Waals surface area contributed by atoms with Crippen LogP contribution in [-0.2, 0) is 0 Å². The van der Waals surface area contributed by atoms with Crippen LogP contribution in [0.25, 0.3) is 11.4 Å². The van der Waals surface area contributed by atoms with Crippen LogP contribution in [0.3, 0.4) is 0 Å². The number of ether oxygens (including phenoxy) is 3. The number of hydrogen-bond acceptors (Lipinski definition) is 7. The second-order valence-corrected chi connectivity index (χ2v) is 7.26. The van der Waals surface area contributed by atoms with E-state index in [1.165, 1.54) is 0 Å². The Balaban J connectivity index is 1.40. The van der Waals surface area contributed by atoms with Gasteiger partial charge in [0, 0.05) is 17.7 Å². The molecule has 1 unspecified atom stereocenters. The molecule has 1 amide bonds. The molecule has 0 radical (unpaired) electrons. The number of fused-ring (bicyclic) bond motifs is 1. The van der Waals surface area contributed by atoms with E-state index in [1.807, 2.05) is 29.2 Å². The first-order valence-corrected chi connectivity index (χ1v) is 9.91. The van der Waals surface area contributed by atoms with E-state index in [4.69, 9.17) is 18.7 Å². The van der Waals surface area contributed by atoms with Crippen molar-refractivity contribution in [1.29, 1.82) is 0 Å². The summed E-state index contributed by atoms with van der Waals surface area (Å²) in [4.78, 5) is 19.7. The van der Waals surface area contributed by atoms with Gasteiger partial charge in [-0.2, -0.15) is 4.98 Å². The van der Waals surface area contributed by atoms with Crippen molar-refractivity contribution in [3.05, 3.63) is 53.9 Å². The van der Waals surface area contributed by atoms with Crippen LogP contribution in [0, 0.1) is 0 Å². The Bertz CT molecular complexity index is 1060. The molecule has 1 atom stereocenters. The van der Waals surface area contributed by atoms with Crippen molar-refractivity contribution < 1.29 is 23.5 Å². The first kappa shape index (κ1) is 18.5. The minimum atomic E-state index is -0.254. The highest BCUT2D eigenvalue weighted by molar-refractivity contribution is 5.95. The highest BCUT2D eigenvalue weighted by Gasteiger charge is 2.33. The number of amides is 1. The monoisotopic (exact) mass is 407 g/mol. The van der Waals surface area contributed by atoms with Crippen LogP contribution in [-0.4, -0.2) is 41.4 Å². The second kappa shape index (κ2) is 7.70. The van der Waals surface area contributed by atoms with Crippen LogP contribution in [0.4, 0.5) is 0 Å². The van der Waals surface area contributed by atoms with Crippen molar-refractivity contribution in [2.24, 2.45) is 0 Å². The van der Waals surface area contributed by atoms with Crippen molar-refractivity contribution >= 4 is 5.91 Å². The van der Waals surface area contributed by atoms with Gasteiger partial charge < -0.3 is 23.6 Å². The minimum Gasteiger partial charge on any atom is -0.497 e. The Kier molecular flexibility index (Phi) is 4.74. The third kappa shape index (κ3) is 3.34. The van der Waals surface area contributed by atoms with E-state index < -0.39 is 0 Å². The summed E-state index contributed by atoms with van der Waals surface area (Å²) in [6, 6.07) is 12.5. The Morgan fingerprint density at radius 1 is 1.10 bits per heavy atom. The zero-order valence-corrected chi connectivity index (χ0v) is 16.5. The van der Waals surface area contributed by atoms with E-state index in [1.54, 1.807) is 25.3 Å². The Morgan fingerprint density at radius 2 is 1.93 bits per heavy atom. The van der Waals surface area contributed by atoms with Crippen LogP contribution in [0.1, 0.15) is 41.6 Å². The van der Waals surface area contributed by atoms with Crippen molar-refractivity contribution in [2.75, 3.05) is 20.4 Å². The molecule has 8 nitrogen and oxygen atoms in total. The van der Waals surface area contributed by atoms with E-state index in [0.29, 0.717) is 35.3 Å². The van der Waals surface area contributed by atoms with Gasteiger partial charge in [0.1, 0.15) is 11.8 Å². The Hall–Kier alpha value is -3.55. The average Bonchev–Trinajstić information content (AvgIpc) is 3.48. The average molecular weight is 407 g/mol. The Labute approximate surface area is 173 Å². The molecule has 1 aromatic heterocycles. The van der Waals surface area contributed by atoms with Gasteiger partial charge in [0.15, 0.2) is 11.5 Å². The third-order valence-electron chi connectivity index (χ3n) is 5.46. The number of carbonyl (C=O) groups excluding carboxylic acids is 1. The van der Waals surface area contributed by atoms with E-state index in [2.05, 4.69) is 10.1 Å². The molecular weight excluding hydrogens is 386 g/mol. The molecule has 0 N–H and O–H groups in total. The summed E-state index contributed by atoms with van der Waals surface area (Å²) in [5.74, 6) is 2.87. The van der Waals surface area contributed by atoms with Crippen molar-refractivity contribution in [3.8, 4) is 28.6 Å². The van der Waals surface area contributed by atoms with Gasteiger partial charge in [-0.25, -0.2) is 0 Å². The van der Waals surface area contributed by atoms with Gasteiger partial charge in [-0.05, 0) is 61.7 Å². The number of nitrogens with zero attached hydrogens (tertiary/aromatic N) is 3. The zero-order valence-electron chi connectivity index (χ0n) is 16.5. The number of piperidine rings is 1. The molecule has 3 heterocycles. The molecule has 0 saturated carbocycles. The molecule has 2 aliphatic heterocycles. The van der Waals surface area contributed by atoms with Crippen LogP contribution < -0.4 is 14.2 Å². The number of benzene rings is 2. The maximum atomic E-state index is 13.3.